The number of halogens is 2. The third kappa shape index (κ3) is 4.37. The average Bonchev–Trinajstić information content (AvgIpc) is 2.33. The van der Waals surface area contributed by atoms with Crippen molar-refractivity contribution in [3.63, 3.8) is 0 Å². The first-order valence-corrected chi connectivity index (χ1v) is 7.44. The van der Waals surface area contributed by atoms with E-state index in [0.29, 0.717) is 13.0 Å². The Labute approximate surface area is 125 Å². The third-order valence-corrected chi connectivity index (χ3v) is 4.47. The number of benzene rings is 1. The topological polar surface area (TPSA) is 23.6 Å². The van der Waals surface area contributed by atoms with E-state index in [1.54, 1.807) is 0 Å². The van der Waals surface area contributed by atoms with Crippen LogP contribution in [0.2, 0.25) is 0 Å². The van der Waals surface area contributed by atoms with Crippen LogP contribution in [0.5, 0.6) is 0 Å². The zero-order valence-corrected chi connectivity index (χ0v) is 14.1. The maximum absolute atomic E-state index is 12.0. The molecule has 0 unspecified atom stereocenters. The minimum absolute atomic E-state index is 0.145. The monoisotopic (exact) mass is 376 g/mol. The minimum Gasteiger partial charge on any atom is -0.311 e. The highest BCUT2D eigenvalue weighted by atomic mass is 79.9. The molecule has 1 aromatic carbocycles. The van der Waals surface area contributed by atoms with Crippen LogP contribution in [-0.2, 0) is 4.79 Å². The third-order valence-electron chi connectivity index (χ3n) is 2.59. The van der Waals surface area contributed by atoms with Crippen LogP contribution in [0.15, 0.2) is 27.1 Å². The van der Waals surface area contributed by atoms with Gasteiger partial charge in [-0.2, -0.15) is 0 Å². The highest BCUT2D eigenvalue weighted by molar-refractivity contribution is 9.13. The number of amides is 1. The van der Waals surface area contributed by atoms with Crippen LogP contribution >= 0.6 is 31.9 Å². The Kier molecular flexibility index (Phi) is 6.32. The normalized spacial score (nSPS) is 10.8. The molecule has 1 aromatic rings. The Hall–Kier alpha value is -0.390. The predicted octanol–water partition coefficient (Wildman–Crippen LogP) is 3.52. The van der Waals surface area contributed by atoms with Crippen LogP contribution in [0.3, 0.4) is 0 Å². The van der Waals surface area contributed by atoms with Crippen LogP contribution in [0.4, 0.5) is 5.69 Å². The zero-order chi connectivity index (χ0) is 13.7. The van der Waals surface area contributed by atoms with Crippen molar-refractivity contribution in [1.82, 2.24) is 4.90 Å². The zero-order valence-electron chi connectivity index (χ0n) is 10.9. The largest absolute Gasteiger partial charge is 0.311 e. The Morgan fingerprint density at radius 3 is 2.33 bits per heavy atom. The summed E-state index contributed by atoms with van der Waals surface area (Å²) in [4.78, 5) is 15.9. The lowest BCUT2D eigenvalue weighted by Crippen LogP contribution is -2.36. The molecule has 0 aliphatic rings. The SMILES string of the molecule is CCC(=O)N(CCN(C)C)c1ccc(Br)c(Br)c1. The lowest BCUT2D eigenvalue weighted by atomic mass is 10.2. The van der Waals surface area contributed by atoms with Gasteiger partial charge in [-0.15, -0.1) is 0 Å². The van der Waals surface area contributed by atoms with Crippen LogP contribution in [0, 0.1) is 0 Å². The van der Waals surface area contributed by atoms with E-state index in [9.17, 15) is 4.79 Å². The first-order chi connectivity index (χ1) is 8.45. The summed E-state index contributed by atoms with van der Waals surface area (Å²) in [6.07, 6.45) is 0.515. The smallest absolute Gasteiger partial charge is 0.226 e. The van der Waals surface area contributed by atoms with Crippen LogP contribution in [-0.4, -0.2) is 38.0 Å². The van der Waals surface area contributed by atoms with E-state index in [4.69, 9.17) is 0 Å². The van der Waals surface area contributed by atoms with E-state index in [-0.39, 0.29) is 5.91 Å². The molecule has 0 heterocycles. The van der Waals surface area contributed by atoms with Crippen molar-refractivity contribution < 1.29 is 4.79 Å². The van der Waals surface area contributed by atoms with E-state index in [2.05, 4.69) is 36.8 Å². The standard InChI is InChI=1S/C13H18Br2N2O/c1-4-13(18)17(8-7-16(2)3)10-5-6-11(14)12(15)9-10/h5-6,9H,4,7-8H2,1-3H3. The first-order valence-electron chi connectivity index (χ1n) is 5.85. The quantitative estimate of drug-likeness (QED) is 0.783. The van der Waals surface area contributed by atoms with Gasteiger partial charge in [0, 0.05) is 34.1 Å². The Morgan fingerprint density at radius 2 is 1.83 bits per heavy atom. The molecule has 0 saturated heterocycles. The summed E-state index contributed by atoms with van der Waals surface area (Å²) in [5.41, 5.74) is 0.929. The van der Waals surface area contributed by atoms with Crippen LogP contribution in [0.25, 0.3) is 0 Å². The summed E-state index contributed by atoms with van der Waals surface area (Å²) < 4.78 is 1.95. The number of rotatable bonds is 5. The van der Waals surface area contributed by atoms with Gasteiger partial charge in [0.15, 0.2) is 0 Å². The number of anilines is 1. The fourth-order valence-corrected chi connectivity index (χ4v) is 2.15. The van der Waals surface area contributed by atoms with E-state index in [1.165, 1.54) is 0 Å². The second-order valence-electron chi connectivity index (χ2n) is 4.30. The van der Waals surface area contributed by atoms with Crippen molar-refractivity contribution in [2.75, 3.05) is 32.1 Å². The fraction of sp³-hybridized carbons (Fsp3) is 0.462. The summed E-state index contributed by atoms with van der Waals surface area (Å²) in [5.74, 6) is 0.145. The van der Waals surface area contributed by atoms with Gasteiger partial charge in [-0.25, -0.2) is 0 Å². The van der Waals surface area contributed by atoms with Crippen molar-refractivity contribution in [2.24, 2.45) is 0 Å². The van der Waals surface area contributed by atoms with Crippen LogP contribution < -0.4 is 4.90 Å². The molecule has 0 aromatic heterocycles. The van der Waals surface area contributed by atoms with Gasteiger partial charge >= 0.3 is 0 Å². The minimum atomic E-state index is 0.145. The molecule has 0 N–H and O–H groups in total. The van der Waals surface area contributed by atoms with Gasteiger partial charge in [0.25, 0.3) is 0 Å². The lowest BCUT2D eigenvalue weighted by molar-refractivity contribution is -0.118. The summed E-state index contributed by atoms with van der Waals surface area (Å²) in [6, 6.07) is 5.87. The van der Waals surface area contributed by atoms with Gasteiger partial charge in [-0.05, 0) is 64.2 Å². The maximum atomic E-state index is 12.0. The second-order valence-corrected chi connectivity index (χ2v) is 6.01. The lowest BCUT2D eigenvalue weighted by Gasteiger charge is -2.24. The molecule has 0 bridgehead atoms. The number of hydrogen-bond acceptors (Lipinski definition) is 2. The molecule has 0 aliphatic carbocycles. The molecular weight excluding hydrogens is 360 g/mol. The van der Waals surface area contributed by atoms with Crippen molar-refractivity contribution in [3.05, 3.63) is 27.1 Å². The summed E-state index contributed by atoms with van der Waals surface area (Å²) in [7, 11) is 4.01. The molecule has 0 radical (unpaired) electrons. The Morgan fingerprint density at radius 1 is 1.17 bits per heavy atom. The van der Waals surface area contributed by atoms with Crippen molar-refractivity contribution in [1.29, 1.82) is 0 Å². The molecule has 1 amide bonds. The van der Waals surface area contributed by atoms with Gasteiger partial charge in [-0.1, -0.05) is 6.92 Å². The second kappa shape index (κ2) is 7.26. The van der Waals surface area contributed by atoms with E-state index < -0.39 is 0 Å². The fourth-order valence-electron chi connectivity index (χ4n) is 1.54. The average molecular weight is 378 g/mol. The van der Waals surface area contributed by atoms with Crippen LogP contribution in [0.1, 0.15) is 13.3 Å². The molecule has 0 saturated carbocycles. The molecule has 1 rings (SSSR count). The summed E-state index contributed by atoms with van der Waals surface area (Å²) in [6.45, 7) is 3.44. The van der Waals surface area contributed by atoms with Gasteiger partial charge < -0.3 is 9.80 Å². The Bertz CT molecular complexity index is 421. The highest BCUT2D eigenvalue weighted by Crippen LogP contribution is 2.28. The van der Waals surface area contributed by atoms with Gasteiger partial charge in [0.05, 0.1) is 0 Å². The maximum Gasteiger partial charge on any atom is 0.226 e. The van der Waals surface area contributed by atoms with Crippen molar-refractivity contribution in [3.8, 4) is 0 Å². The summed E-state index contributed by atoms with van der Waals surface area (Å²) >= 11 is 6.91. The van der Waals surface area contributed by atoms with E-state index in [1.807, 2.05) is 44.1 Å². The van der Waals surface area contributed by atoms with Gasteiger partial charge in [-0.3, -0.25) is 4.79 Å². The molecule has 0 atom stereocenters. The predicted molar refractivity (Wildman–Crippen MR) is 83.0 cm³/mol. The molecule has 5 heteroatoms. The number of carbonyl (C=O) groups excluding carboxylic acids is 1. The van der Waals surface area contributed by atoms with Crippen molar-refractivity contribution >= 4 is 43.5 Å². The summed E-state index contributed by atoms with van der Waals surface area (Å²) in [5, 5.41) is 0. The van der Waals surface area contributed by atoms with Crippen molar-refractivity contribution in [2.45, 2.75) is 13.3 Å². The highest BCUT2D eigenvalue weighted by Gasteiger charge is 2.14. The molecule has 0 fully saturated rings. The first kappa shape index (κ1) is 15.7. The molecule has 0 aliphatic heterocycles. The van der Waals surface area contributed by atoms with Gasteiger partial charge in [0.2, 0.25) is 5.91 Å². The van der Waals surface area contributed by atoms with E-state index in [0.717, 1.165) is 21.2 Å². The number of likely N-dealkylation sites (N-methyl/N-ethyl adjacent to an activating group) is 1. The molecule has 3 nitrogen and oxygen atoms in total. The molecule has 18 heavy (non-hydrogen) atoms. The number of nitrogens with zero attached hydrogens (tertiary/aromatic N) is 2. The molecular formula is C13H18Br2N2O. The Balaban J connectivity index is 2.94. The molecule has 100 valence electrons. The molecule has 0 spiro atoms. The number of carbonyl (C=O) groups is 1. The number of hydrogen-bond donors (Lipinski definition) is 0. The van der Waals surface area contributed by atoms with E-state index >= 15 is 0 Å². The van der Waals surface area contributed by atoms with Gasteiger partial charge in [0.1, 0.15) is 0 Å².